The standard InChI is InChI=1S/C22H19ClF2N2O5S/c1-27(33(30,31)16-5-6-19(24)18(23)9-16)11-14-8-17(13-3-2-4-15(26)7-13)21(10-20(14)25)32-12-22(28)29/h2-10H,11-12,26H2,1H3,(H,28,29). The fourth-order valence-corrected chi connectivity index (χ4v) is 4.47. The van der Waals surface area contributed by atoms with Gasteiger partial charge in [0.15, 0.2) is 6.61 Å². The van der Waals surface area contributed by atoms with Crippen molar-refractivity contribution >= 4 is 33.3 Å². The van der Waals surface area contributed by atoms with Crippen molar-refractivity contribution < 1.29 is 31.8 Å². The number of aliphatic carboxylic acids is 1. The van der Waals surface area contributed by atoms with Crippen molar-refractivity contribution in [1.82, 2.24) is 4.31 Å². The van der Waals surface area contributed by atoms with Crippen LogP contribution in [0, 0.1) is 11.6 Å². The molecule has 0 bridgehead atoms. The minimum absolute atomic E-state index is 0.00520. The Balaban J connectivity index is 2.01. The van der Waals surface area contributed by atoms with E-state index in [1.807, 2.05) is 0 Å². The SMILES string of the molecule is CN(Cc1cc(-c2cccc(N)c2)c(OCC(=O)O)cc1F)S(=O)(=O)c1ccc(F)c(Cl)c1. The number of nitrogens with zero attached hydrogens (tertiary/aromatic N) is 1. The van der Waals surface area contributed by atoms with Crippen LogP contribution in [0.25, 0.3) is 11.1 Å². The van der Waals surface area contributed by atoms with Gasteiger partial charge in [-0.15, -0.1) is 0 Å². The number of hydrogen-bond donors (Lipinski definition) is 2. The molecule has 0 saturated heterocycles. The first-order valence-electron chi connectivity index (χ1n) is 9.43. The highest BCUT2D eigenvalue weighted by molar-refractivity contribution is 7.89. The highest BCUT2D eigenvalue weighted by atomic mass is 35.5. The van der Waals surface area contributed by atoms with Crippen LogP contribution in [0.3, 0.4) is 0 Å². The predicted molar refractivity (Wildman–Crippen MR) is 119 cm³/mol. The van der Waals surface area contributed by atoms with Gasteiger partial charge in [-0.3, -0.25) is 0 Å². The van der Waals surface area contributed by atoms with E-state index in [9.17, 15) is 22.0 Å². The molecule has 3 aromatic rings. The molecule has 0 radical (unpaired) electrons. The Hall–Kier alpha value is -3.21. The van der Waals surface area contributed by atoms with E-state index in [0.29, 0.717) is 16.8 Å². The molecule has 0 spiro atoms. The molecule has 0 unspecified atom stereocenters. The average molecular weight is 497 g/mol. The van der Waals surface area contributed by atoms with Gasteiger partial charge in [0.25, 0.3) is 0 Å². The molecule has 0 aliphatic rings. The van der Waals surface area contributed by atoms with E-state index < -0.39 is 34.2 Å². The first-order valence-corrected chi connectivity index (χ1v) is 11.2. The fraction of sp³-hybridized carbons (Fsp3) is 0.136. The Morgan fingerprint density at radius 1 is 1.12 bits per heavy atom. The normalized spacial score (nSPS) is 11.5. The van der Waals surface area contributed by atoms with Crippen molar-refractivity contribution in [2.75, 3.05) is 19.4 Å². The highest BCUT2D eigenvalue weighted by Gasteiger charge is 2.24. The number of benzene rings is 3. The summed E-state index contributed by atoms with van der Waals surface area (Å²) in [6.07, 6.45) is 0. The van der Waals surface area contributed by atoms with Gasteiger partial charge in [0.05, 0.1) is 9.92 Å². The number of ether oxygens (including phenoxy) is 1. The molecule has 174 valence electrons. The zero-order chi connectivity index (χ0) is 24.3. The maximum atomic E-state index is 14.9. The molecule has 0 fully saturated rings. The molecule has 7 nitrogen and oxygen atoms in total. The van der Waals surface area contributed by atoms with Crippen molar-refractivity contribution in [3.05, 3.63) is 76.8 Å². The number of sulfonamides is 1. The van der Waals surface area contributed by atoms with Crippen molar-refractivity contribution in [3.8, 4) is 16.9 Å². The van der Waals surface area contributed by atoms with Crippen LogP contribution in [0.5, 0.6) is 5.75 Å². The van der Waals surface area contributed by atoms with E-state index in [2.05, 4.69) is 0 Å². The molecule has 0 aromatic heterocycles. The number of nitrogen functional groups attached to an aromatic ring is 1. The number of nitrogens with two attached hydrogens (primary N) is 1. The van der Waals surface area contributed by atoms with Crippen LogP contribution in [0.15, 0.2) is 59.5 Å². The third-order valence-corrected chi connectivity index (χ3v) is 6.78. The Morgan fingerprint density at radius 3 is 2.48 bits per heavy atom. The van der Waals surface area contributed by atoms with Gasteiger partial charge in [-0.2, -0.15) is 4.31 Å². The molecule has 0 aliphatic carbocycles. The molecule has 3 rings (SSSR count). The van der Waals surface area contributed by atoms with E-state index in [-0.39, 0.29) is 27.8 Å². The second-order valence-corrected chi connectivity index (χ2v) is 9.54. The van der Waals surface area contributed by atoms with Crippen LogP contribution < -0.4 is 10.5 Å². The summed E-state index contributed by atoms with van der Waals surface area (Å²) in [4.78, 5) is 10.7. The zero-order valence-electron chi connectivity index (χ0n) is 17.3. The highest BCUT2D eigenvalue weighted by Crippen LogP contribution is 2.34. The lowest BCUT2D eigenvalue weighted by molar-refractivity contribution is -0.139. The summed E-state index contributed by atoms with van der Waals surface area (Å²) in [5.74, 6) is -2.86. The quantitative estimate of drug-likeness (QED) is 0.453. The van der Waals surface area contributed by atoms with Gasteiger partial charge in [0, 0.05) is 36.5 Å². The summed E-state index contributed by atoms with van der Waals surface area (Å²) in [6.45, 7) is -1.08. The summed E-state index contributed by atoms with van der Waals surface area (Å²) in [7, 11) is -2.89. The van der Waals surface area contributed by atoms with Gasteiger partial charge in [-0.05, 0) is 42.0 Å². The van der Waals surface area contributed by atoms with E-state index in [1.54, 1.807) is 24.3 Å². The third-order valence-electron chi connectivity index (χ3n) is 4.69. The van der Waals surface area contributed by atoms with E-state index in [0.717, 1.165) is 28.6 Å². The number of anilines is 1. The lowest BCUT2D eigenvalue weighted by Gasteiger charge is -2.20. The molecule has 33 heavy (non-hydrogen) atoms. The third kappa shape index (κ3) is 5.59. The van der Waals surface area contributed by atoms with E-state index >= 15 is 0 Å². The molecule has 0 heterocycles. The first kappa shape index (κ1) is 24.4. The molecule has 0 atom stereocenters. The van der Waals surface area contributed by atoms with Crippen LogP contribution in [-0.2, 0) is 21.4 Å². The van der Waals surface area contributed by atoms with Crippen LogP contribution in [0.4, 0.5) is 14.5 Å². The number of carbonyl (C=O) groups is 1. The molecule has 0 amide bonds. The topological polar surface area (TPSA) is 110 Å². The van der Waals surface area contributed by atoms with Gasteiger partial charge in [-0.1, -0.05) is 23.7 Å². The van der Waals surface area contributed by atoms with Gasteiger partial charge < -0.3 is 15.6 Å². The molecule has 11 heteroatoms. The summed E-state index contributed by atoms with van der Waals surface area (Å²) in [6, 6.07) is 11.9. The Bertz CT molecular complexity index is 1320. The van der Waals surface area contributed by atoms with E-state index in [1.165, 1.54) is 13.1 Å². The Kier molecular flexibility index (Phi) is 7.21. The molecular weight excluding hydrogens is 478 g/mol. The molecular formula is C22H19ClF2N2O5S. The monoisotopic (exact) mass is 496 g/mol. The fourth-order valence-electron chi connectivity index (χ4n) is 3.05. The number of rotatable bonds is 8. The van der Waals surface area contributed by atoms with Crippen molar-refractivity contribution in [1.29, 1.82) is 0 Å². The summed E-state index contributed by atoms with van der Waals surface area (Å²) in [5.41, 5.74) is 7.08. The van der Waals surface area contributed by atoms with Crippen molar-refractivity contribution in [3.63, 3.8) is 0 Å². The number of carboxylic acids is 1. The van der Waals surface area contributed by atoms with Gasteiger partial charge in [-0.25, -0.2) is 22.0 Å². The van der Waals surface area contributed by atoms with E-state index in [4.69, 9.17) is 27.2 Å². The lowest BCUT2D eigenvalue weighted by atomic mass is 10.0. The minimum Gasteiger partial charge on any atom is -0.481 e. The largest absolute Gasteiger partial charge is 0.481 e. The maximum Gasteiger partial charge on any atom is 0.341 e. The second kappa shape index (κ2) is 9.74. The van der Waals surface area contributed by atoms with Crippen molar-refractivity contribution in [2.24, 2.45) is 0 Å². The van der Waals surface area contributed by atoms with Gasteiger partial charge in [0.2, 0.25) is 10.0 Å². The average Bonchev–Trinajstić information content (AvgIpc) is 2.75. The van der Waals surface area contributed by atoms with Crippen LogP contribution in [0.1, 0.15) is 5.56 Å². The molecule has 0 saturated carbocycles. The van der Waals surface area contributed by atoms with Gasteiger partial charge >= 0.3 is 5.97 Å². The van der Waals surface area contributed by atoms with Crippen molar-refractivity contribution in [2.45, 2.75) is 11.4 Å². The first-order chi connectivity index (χ1) is 15.5. The van der Waals surface area contributed by atoms with Crippen LogP contribution in [-0.4, -0.2) is 37.5 Å². The number of halogens is 3. The lowest BCUT2D eigenvalue weighted by Crippen LogP contribution is -2.27. The van der Waals surface area contributed by atoms with Gasteiger partial charge in [0.1, 0.15) is 17.4 Å². The second-order valence-electron chi connectivity index (χ2n) is 7.08. The molecule has 0 aliphatic heterocycles. The smallest absolute Gasteiger partial charge is 0.341 e. The summed E-state index contributed by atoms with van der Waals surface area (Å²) < 4.78 is 60.2. The zero-order valence-corrected chi connectivity index (χ0v) is 18.8. The number of hydrogen-bond acceptors (Lipinski definition) is 5. The minimum atomic E-state index is -4.12. The van der Waals surface area contributed by atoms with Crippen LogP contribution >= 0.6 is 11.6 Å². The molecule has 3 aromatic carbocycles. The number of carboxylic acid groups (broad SMARTS) is 1. The summed E-state index contributed by atoms with van der Waals surface area (Å²) >= 11 is 5.70. The maximum absolute atomic E-state index is 14.9. The van der Waals surface area contributed by atoms with Crippen LogP contribution in [0.2, 0.25) is 5.02 Å². The predicted octanol–water partition coefficient (Wildman–Crippen LogP) is 4.15. The molecule has 3 N–H and O–H groups in total. The Labute approximate surface area is 194 Å². The Morgan fingerprint density at radius 2 is 1.85 bits per heavy atom. The summed E-state index contributed by atoms with van der Waals surface area (Å²) in [5, 5.41) is 8.55.